The molecule has 0 unspecified atom stereocenters. The highest BCUT2D eigenvalue weighted by Crippen LogP contribution is 2.28. The van der Waals surface area contributed by atoms with Crippen molar-refractivity contribution in [3.8, 4) is 10.6 Å². The van der Waals surface area contributed by atoms with Crippen molar-refractivity contribution in [2.45, 2.75) is 13.8 Å². The summed E-state index contributed by atoms with van der Waals surface area (Å²) in [6.07, 6.45) is 0. The lowest BCUT2D eigenvalue weighted by atomic mass is 10.2. The average Bonchev–Trinajstić information content (AvgIpc) is 2.88. The van der Waals surface area contributed by atoms with Crippen LogP contribution in [0.2, 0.25) is 0 Å². The molecule has 0 bridgehead atoms. The van der Waals surface area contributed by atoms with Crippen molar-refractivity contribution < 1.29 is 18.3 Å². The van der Waals surface area contributed by atoms with Crippen LogP contribution >= 0.6 is 11.3 Å². The molecule has 0 atom stereocenters. The molecule has 2 aromatic heterocycles. The van der Waals surface area contributed by atoms with Gasteiger partial charge in [-0.1, -0.05) is 0 Å². The standard InChI is InChI=1S/C16H12FNO4S/c1-3-21-16(20)13-8(2)18-14(23-13)11-6-9-4-5-10(17)7-12(9)22-15(11)19/h4-7H,3H2,1-2H3. The smallest absolute Gasteiger partial charge is 0.350 e. The topological polar surface area (TPSA) is 69.4 Å². The molecule has 0 aliphatic heterocycles. The van der Waals surface area contributed by atoms with Crippen LogP contribution in [0.25, 0.3) is 21.5 Å². The van der Waals surface area contributed by atoms with Crippen molar-refractivity contribution in [2.75, 3.05) is 6.61 Å². The van der Waals surface area contributed by atoms with Crippen LogP contribution in [0.5, 0.6) is 0 Å². The monoisotopic (exact) mass is 333 g/mol. The number of ether oxygens (including phenoxy) is 1. The number of hydrogen-bond donors (Lipinski definition) is 0. The van der Waals surface area contributed by atoms with Crippen molar-refractivity contribution >= 4 is 28.3 Å². The second-order valence-corrected chi connectivity index (χ2v) is 5.78. The number of benzene rings is 1. The lowest BCUT2D eigenvalue weighted by molar-refractivity contribution is 0.0531. The number of esters is 1. The summed E-state index contributed by atoms with van der Waals surface area (Å²) in [6, 6.07) is 5.53. The first kappa shape index (κ1) is 15.4. The molecular weight excluding hydrogens is 321 g/mol. The van der Waals surface area contributed by atoms with Gasteiger partial charge in [0.25, 0.3) is 0 Å². The summed E-state index contributed by atoms with van der Waals surface area (Å²) < 4.78 is 23.3. The fourth-order valence-electron chi connectivity index (χ4n) is 2.13. The van der Waals surface area contributed by atoms with Gasteiger partial charge in [0.1, 0.15) is 21.3 Å². The summed E-state index contributed by atoms with van der Waals surface area (Å²) >= 11 is 1.07. The number of thiazole rings is 1. The fourth-order valence-corrected chi connectivity index (χ4v) is 3.10. The highest BCUT2D eigenvalue weighted by molar-refractivity contribution is 7.17. The zero-order chi connectivity index (χ0) is 16.6. The van der Waals surface area contributed by atoms with E-state index in [1.807, 2.05) is 0 Å². The van der Waals surface area contributed by atoms with Gasteiger partial charge in [0.2, 0.25) is 0 Å². The van der Waals surface area contributed by atoms with Crippen LogP contribution in [0.4, 0.5) is 4.39 Å². The van der Waals surface area contributed by atoms with Crippen LogP contribution in [0, 0.1) is 12.7 Å². The first-order valence-corrected chi connectivity index (χ1v) is 7.69. The minimum Gasteiger partial charge on any atom is -0.462 e. The van der Waals surface area contributed by atoms with Gasteiger partial charge < -0.3 is 9.15 Å². The molecule has 5 nitrogen and oxygen atoms in total. The number of carbonyl (C=O) groups excluding carboxylic acids is 1. The average molecular weight is 333 g/mol. The summed E-state index contributed by atoms with van der Waals surface area (Å²) in [6.45, 7) is 3.64. The van der Waals surface area contributed by atoms with E-state index in [0.29, 0.717) is 21.0 Å². The lowest BCUT2D eigenvalue weighted by Crippen LogP contribution is -2.03. The van der Waals surface area contributed by atoms with Gasteiger partial charge in [-0.15, -0.1) is 11.3 Å². The molecule has 0 radical (unpaired) electrons. The number of aryl methyl sites for hydroxylation is 1. The number of fused-ring (bicyclic) bond motifs is 1. The third kappa shape index (κ3) is 2.87. The van der Waals surface area contributed by atoms with E-state index in [4.69, 9.17) is 9.15 Å². The molecule has 3 aromatic rings. The van der Waals surface area contributed by atoms with Crippen LogP contribution < -0.4 is 5.63 Å². The molecular formula is C16H12FNO4S. The maximum absolute atomic E-state index is 13.2. The molecule has 0 aliphatic rings. The summed E-state index contributed by atoms with van der Waals surface area (Å²) in [5.74, 6) is -0.955. The molecule has 0 aliphatic carbocycles. The summed E-state index contributed by atoms with van der Waals surface area (Å²) in [4.78, 5) is 28.6. The maximum Gasteiger partial charge on any atom is 0.350 e. The highest BCUT2D eigenvalue weighted by Gasteiger charge is 2.19. The predicted octanol–water partition coefficient (Wildman–Crippen LogP) is 3.54. The zero-order valence-corrected chi connectivity index (χ0v) is 13.2. The second kappa shape index (κ2) is 5.92. The highest BCUT2D eigenvalue weighted by atomic mass is 32.1. The van der Waals surface area contributed by atoms with E-state index in [0.717, 1.165) is 17.4 Å². The van der Waals surface area contributed by atoms with E-state index in [1.54, 1.807) is 19.9 Å². The van der Waals surface area contributed by atoms with Crippen molar-refractivity contribution in [1.29, 1.82) is 0 Å². The summed E-state index contributed by atoms with van der Waals surface area (Å²) in [5, 5.41) is 0.942. The number of halogens is 1. The molecule has 1 aromatic carbocycles. The Bertz CT molecular complexity index is 960. The van der Waals surface area contributed by atoms with Crippen LogP contribution in [-0.4, -0.2) is 17.6 Å². The number of hydrogen-bond acceptors (Lipinski definition) is 6. The lowest BCUT2D eigenvalue weighted by Gasteiger charge is -1.99. The zero-order valence-electron chi connectivity index (χ0n) is 12.4. The molecule has 7 heteroatoms. The van der Waals surface area contributed by atoms with Gasteiger partial charge in [-0.05, 0) is 32.0 Å². The van der Waals surface area contributed by atoms with Crippen molar-refractivity contribution in [1.82, 2.24) is 4.98 Å². The Kier molecular flexibility index (Phi) is 3.96. The van der Waals surface area contributed by atoms with Gasteiger partial charge in [0, 0.05) is 11.5 Å². The van der Waals surface area contributed by atoms with Crippen LogP contribution in [0.1, 0.15) is 22.3 Å². The fraction of sp³-hybridized carbons (Fsp3) is 0.188. The Hall–Kier alpha value is -2.54. The van der Waals surface area contributed by atoms with E-state index in [-0.39, 0.29) is 17.8 Å². The molecule has 118 valence electrons. The Labute approximate surface area is 134 Å². The van der Waals surface area contributed by atoms with Crippen molar-refractivity contribution in [2.24, 2.45) is 0 Å². The van der Waals surface area contributed by atoms with E-state index >= 15 is 0 Å². The first-order valence-electron chi connectivity index (χ1n) is 6.88. The van der Waals surface area contributed by atoms with Crippen LogP contribution in [0.15, 0.2) is 33.5 Å². The van der Waals surface area contributed by atoms with Gasteiger partial charge in [0.05, 0.1) is 17.9 Å². The van der Waals surface area contributed by atoms with Gasteiger partial charge >= 0.3 is 11.6 Å². The largest absolute Gasteiger partial charge is 0.462 e. The molecule has 0 spiro atoms. The SMILES string of the molecule is CCOC(=O)c1sc(-c2cc3ccc(F)cc3oc2=O)nc1C. The van der Waals surface area contributed by atoms with Crippen molar-refractivity contribution in [3.05, 3.63) is 51.1 Å². The van der Waals surface area contributed by atoms with Crippen LogP contribution in [0.3, 0.4) is 0 Å². The Morgan fingerprint density at radius 1 is 1.39 bits per heavy atom. The number of carbonyl (C=O) groups is 1. The predicted molar refractivity (Wildman–Crippen MR) is 84.2 cm³/mol. The number of rotatable bonds is 3. The minimum atomic E-state index is -0.632. The second-order valence-electron chi connectivity index (χ2n) is 4.78. The van der Waals surface area contributed by atoms with Gasteiger partial charge in [0.15, 0.2) is 0 Å². The number of nitrogens with zero attached hydrogens (tertiary/aromatic N) is 1. The van der Waals surface area contributed by atoms with Crippen LogP contribution in [-0.2, 0) is 4.74 Å². The third-order valence-corrected chi connectivity index (χ3v) is 4.36. The van der Waals surface area contributed by atoms with Crippen molar-refractivity contribution in [3.63, 3.8) is 0 Å². The molecule has 2 heterocycles. The van der Waals surface area contributed by atoms with E-state index in [1.165, 1.54) is 12.1 Å². The third-order valence-electron chi connectivity index (χ3n) is 3.19. The number of aromatic nitrogens is 1. The summed E-state index contributed by atoms with van der Waals surface area (Å²) in [5.41, 5.74) is 0.250. The Balaban J connectivity index is 2.12. The summed E-state index contributed by atoms with van der Waals surface area (Å²) in [7, 11) is 0. The Morgan fingerprint density at radius 2 is 2.17 bits per heavy atom. The van der Waals surface area contributed by atoms with E-state index < -0.39 is 17.4 Å². The minimum absolute atomic E-state index is 0.164. The van der Waals surface area contributed by atoms with E-state index in [2.05, 4.69) is 4.98 Å². The van der Waals surface area contributed by atoms with Gasteiger partial charge in [-0.3, -0.25) is 0 Å². The molecule has 23 heavy (non-hydrogen) atoms. The maximum atomic E-state index is 13.2. The molecule has 0 fully saturated rings. The van der Waals surface area contributed by atoms with E-state index in [9.17, 15) is 14.0 Å². The quantitative estimate of drug-likeness (QED) is 0.541. The normalized spacial score (nSPS) is 10.9. The molecule has 3 rings (SSSR count). The van der Waals surface area contributed by atoms with Gasteiger partial charge in [-0.2, -0.15) is 0 Å². The molecule has 0 N–H and O–H groups in total. The first-order chi connectivity index (χ1) is 11.0. The molecule has 0 amide bonds. The van der Waals surface area contributed by atoms with Gasteiger partial charge in [-0.25, -0.2) is 19.0 Å². The molecule has 0 saturated heterocycles. The Morgan fingerprint density at radius 3 is 2.91 bits per heavy atom. The molecule has 0 saturated carbocycles.